The van der Waals surface area contributed by atoms with Crippen LogP contribution in [0.1, 0.15) is 56.1 Å². The Morgan fingerprint density at radius 1 is 1.32 bits per heavy atom. The first kappa shape index (κ1) is 15.1. The van der Waals surface area contributed by atoms with Crippen molar-refractivity contribution in [1.29, 1.82) is 0 Å². The van der Waals surface area contributed by atoms with E-state index >= 15 is 0 Å². The van der Waals surface area contributed by atoms with E-state index < -0.39 is 5.54 Å². The second-order valence-electron chi connectivity index (χ2n) is 6.34. The fourth-order valence-corrected chi connectivity index (χ4v) is 3.58. The Morgan fingerprint density at radius 3 is 2.77 bits per heavy atom. The van der Waals surface area contributed by atoms with Crippen LogP contribution in [-0.4, -0.2) is 24.0 Å². The van der Waals surface area contributed by atoms with Crippen molar-refractivity contribution in [3.05, 3.63) is 35.4 Å². The maximum Gasteiger partial charge on any atom is 0.331 e. The zero-order valence-corrected chi connectivity index (χ0v) is 13.1. The first-order valence-electron chi connectivity index (χ1n) is 8.20. The lowest BCUT2D eigenvalue weighted by molar-refractivity contribution is -0.157. The van der Waals surface area contributed by atoms with E-state index in [9.17, 15) is 9.59 Å². The van der Waals surface area contributed by atoms with Gasteiger partial charge in [-0.2, -0.15) is 0 Å². The molecule has 0 radical (unpaired) electrons. The number of ether oxygens (including phenoxy) is 1. The third-order valence-corrected chi connectivity index (χ3v) is 4.94. The van der Waals surface area contributed by atoms with Gasteiger partial charge in [-0.25, -0.2) is 4.79 Å². The molecule has 4 nitrogen and oxygen atoms in total. The number of rotatable bonds is 5. The third-order valence-electron chi connectivity index (χ3n) is 4.94. The minimum Gasteiger partial charge on any atom is -0.464 e. The molecule has 1 fully saturated rings. The lowest BCUT2D eigenvalue weighted by Gasteiger charge is -2.39. The SMILES string of the molecule is CCOC(=O)C1(NC(=O)C[C@@H]2CCc3ccccc32)CCC1. The quantitative estimate of drug-likeness (QED) is 0.851. The molecule has 1 saturated carbocycles. The van der Waals surface area contributed by atoms with Crippen LogP contribution in [0.25, 0.3) is 0 Å². The first-order chi connectivity index (χ1) is 10.6. The van der Waals surface area contributed by atoms with Gasteiger partial charge in [-0.05, 0) is 56.1 Å². The van der Waals surface area contributed by atoms with Crippen molar-refractivity contribution in [2.45, 2.75) is 56.9 Å². The molecule has 118 valence electrons. The molecule has 0 aliphatic heterocycles. The summed E-state index contributed by atoms with van der Waals surface area (Å²) in [6, 6.07) is 8.33. The van der Waals surface area contributed by atoms with Crippen molar-refractivity contribution >= 4 is 11.9 Å². The van der Waals surface area contributed by atoms with Crippen LogP contribution in [0.2, 0.25) is 0 Å². The van der Waals surface area contributed by atoms with Gasteiger partial charge < -0.3 is 10.1 Å². The minimum absolute atomic E-state index is 0.0329. The molecule has 0 bridgehead atoms. The summed E-state index contributed by atoms with van der Waals surface area (Å²) in [5.74, 6) is -0.0357. The Bertz CT molecular complexity index is 577. The van der Waals surface area contributed by atoms with Gasteiger partial charge in [0.1, 0.15) is 5.54 Å². The van der Waals surface area contributed by atoms with Gasteiger partial charge in [0, 0.05) is 6.42 Å². The molecule has 1 N–H and O–H groups in total. The molecule has 22 heavy (non-hydrogen) atoms. The number of hydrogen-bond donors (Lipinski definition) is 1. The average molecular weight is 301 g/mol. The first-order valence-corrected chi connectivity index (χ1v) is 8.20. The summed E-state index contributed by atoms with van der Waals surface area (Å²) in [5.41, 5.74) is 1.88. The normalized spacial score (nSPS) is 21.6. The van der Waals surface area contributed by atoms with Crippen molar-refractivity contribution in [1.82, 2.24) is 5.32 Å². The molecule has 1 aromatic rings. The van der Waals surface area contributed by atoms with E-state index in [-0.39, 0.29) is 17.8 Å². The lowest BCUT2D eigenvalue weighted by atomic mass is 9.76. The Hall–Kier alpha value is -1.84. The zero-order valence-electron chi connectivity index (χ0n) is 13.1. The Labute approximate surface area is 131 Å². The molecule has 1 amide bonds. The summed E-state index contributed by atoms with van der Waals surface area (Å²) in [6.45, 7) is 2.15. The van der Waals surface area contributed by atoms with Crippen molar-refractivity contribution in [3.63, 3.8) is 0 Å². The molecule has 2 aliphatic carbocycles. The molecule has 2 aliphatic rings. The van der Waals surface area contributed by atoms with Gasteiger partial charge in [0.25, 0.3) is 0 Å². The Morgan fingerprint density at radius 2 is 2.09 bits per heavy atom. The second kappa shape index (κ2) is 6.11. The van der Waals surface area contributed by atoms with Gasteiger partial charge in [0.05, 0.1) is 6.61 Å². The minimum atomic E-state index is -0.759. The highest BCUT2D eigenvalue weighted by molar-refractivity contribution is 5.89. The summed E-state index contributed by atoms with van der Waals surface area (Å²) in [6.07, 6.45) is 4.86. The maximum atomic E-state index is 12.4. The topological polar surface area (TPSA) is 55.4 Å². The highest BCUT2D eigenvalue weighted by Gasteiger charge is 2.47. The molecule has 0 heterocycles. The number of carbonyl (C=O) groups excluding carboxylic acids is 2. The zero-order chi connectivity index (χ0) is 15.6. The molecule has 1 aromatic carbocycles. The van der Waals surface area contributed by atoms with Crippen LogP contribution in [-0.2, 0) is 20.7 Å². The van der Waals surface area contributed by atoms with Crippen LogP contribution in [0.5, 0.6) is 0 Å². The van der Waals surface area contributed by atoms with Crippen LogP contribution >= 0.6 is 0 Å². The van der Waals surface area contributed by atoms with E-state index in [0.717, 1.165) is 19.3 Å². The van der Waals surface area contributed by atoms with E-state index in [4.69, 9.17) is 4.74 Å². The molecular formula is C18H23NO3. The van der Waals surface area contributed by atoms with Crippen LogP contribution in [0.3, 0.4) is 0 Å². The van der Waals surface area contributed by atoms with E-state index in [0.29, 0.717) is 25.9 Å². The number of benzene rings is 1. The number of carbonyl (C=O) groups is 2. The van der Waals surface area contributed by atoms with Crippen molar-refractivity contribution in [2.24, 2.45) is 0 Å². The predicted octanol–water partition coefficient (Wildman–Crippen LogP) is 2.71. The Balaban J connectivity index is 1.62. The van der Waals surface area contributed by atoms with Crippen LogP contribution in [0, 0.1) is 0 Å². The summed E-state index contributed by atoms with van der Waals surface area (Å²) < 4.78 is 5.12. The van der Waals surface area contributed by atoms with Gasteiger partial charge in [-0.1, -0.05) is 24.3 Å². The summed E-state index contributed by atoms with van der Waals surface area (Å²) in [7, 11) is 0. The fraction of sp³-hybridized carbons (Fsp3) is 0.556. The molecule has 0 unspecified atom stereocenters. The van der Waals surface area contributed by atoms with Gasteiger partial charge in [0.2, 0.25) is 5.91 Å². The predicted molar refractivity (Wildman–Crippen MR) is 83.5 cm³/mol. The van der Waals surface area contributed by atoms with Crippen molar-refractivity contribution in [3.8, 4) is 0 Å². The summed E-state index contributed by atoms with van der Waals surface area (Å²) >= 11 is 0. The van der Waals surface area contributed by atoms with Crippen LogP contribution in [0.15, 0.2) is 24.3 Å². The number of fused-ring (bicyclic) bond motifs is 1. The van der Waals surface area contributed by atoms with E-state index in [2.05, 4.69) is 17.4 Å². The molecular weight excluding hydrogens is 278 g/mol. The monoisotopic (exact) mass is 301 g/mol. The molecule has 0 saturated heterocycles. The van der Waals surface area contributed by atoms with E-state index in [1.807, 2.05) is 12.1 Å². The number of aryl methyl sites for hydroxylation is 1. The number of esters is 1. The molecule has 3 rings (SSSR count). The fourth-order valence-electron chi connectivity index (χ4n) is 3.58. The number of nitrogens with one attached hydrogen (secondary N) is 1. The van der Waals surface area contributed by atoms with Gasteiger partial charge >= 0.3 is 5.97 Å². The van der Waals surface area contributed by atoms with Gasteiger partial charge in [0.15, 0.2) is 0 Å². The number of amides is 1. The summed E-state index contributed by atoms with van der Waals surface area (Å²) in [5, 5.41) is 2.96. The summed E-state index contributed by atoms with van der Waals surface area (Å²) in [4.78, 5) is 24.5. The van der Waals surface area contributed by atoms with Crippen LogP contribution < -0.4 is 5.32 Å². The largest absolute Gasteiger partial charge is 0.464 e. The maximum absolute atomic E-state index is 12.4. The van der Waals surface area contributed by atoms with Crippen LogP contribution in [0.4, 0.5) is 0 Å². The van der Waals surface area contributed by atoms with E-state index in [1.165, 1.54) is 11.1 Å². The standard InChI is InChI=1S/C18H23NO3/c1-2-22-17(21)18(10-5-11-18)19-16(20)12-14-9-8-13-6-3-4-7-15(13)14/h3-4,6-7,14H,2,5,8-12H2,1H3,(H,19,20)/t14-/m0/s1. The smallest absolute Gasteiger partial charge is 0.331 e. The molecule has 0 spiro atoms. The van der Waals surface area contributed by atoms with Crippen molar-refractivity contribution < 1.29 is 14.3 Å². The second-order valence-corrected chi connectivity index (χ2v) is 6.34. The lowest BCUT2D eigenvalue weighted by Crippen LogP contribution is -2.59. The van der Waals surface area contributed by atoms with Gasteiger partial charge in [-0.15, -0.1) is 0 Å². The highest BCUT2D eigenvalue weighted by atomic mass is 16.5. The number of hydrogen-bond acceptors (Lipinski definition) is 3. The third kappa shape index (κ3) is 2.74. The average Bonchev–Trinajstić information content (AvgIpc) is 2.86. The van der Waals surface area contributed by atoms with Gasteiger partial charge in [-0.3, -0.25) is 4.79 Å². The molecule has 0 aromatic heterocycles. The van der Waals surface area contributed by atoms with Crippen molar-refractivity contribution in [2.75, 3.05) is 6.61 Å². The van der Waals surface area contributed by atoms with E-state index in [1.54, 1.807) is 6.92 Å². The highest BCUT2D eigenvalue weighted by Crippen LogP contribution is 2.37. The Kier molecular flexibility index (Phi) is 4.19. The molecule has 1 atom stereocenters. The molecule has 4 heteroatoms.